The Labute approximate surface area is 266 Å². The number of hydrogen-bond donors (Lipinski definition) is 8. The Hall–Kier alpha value is -4.20. The smallest absolute Gasteiger partial charge is 0.243 e. The number of guanidine groups is 1. The molecule has 0 unspecified atom stereocenters. The number of benzene rings is 1. The van der Waals surface area contributed by atoms with E-state index in [9.17, 15) is 24.0 Å². The van der Waals surface area contributed by atoms with Crippen molar-refractivity contribution < 1.29 is 24.0 Å². The fourth-order valence-corrected chi connectivity index (χ4v) is 4.42. The Bertz CT molecular complexity index is 1160. The number of carbonyl (C=O) groups excluding carboxylic acids is 5. The number of rotatable bonds is 19. The quantitative estimate of drug-likeness (QED) is 0.0562. The fraction of sp³-hybridized carbons (Fsp3) is 0.613. The second-order valence-corrected chi connectivity index (χ2v) is 12.7. The second-order valence-electron chi connectivity index (χ2n) is 12.7. The zero-order valence-electron chi connectivity index (χ0n) is 27.4. The molecular weight excluding hydrogens is 578 g/mol. The summed E-state index contributed by atoms with van der Waals surface area (Å²) in [5.41, 5.74) is 21.7. The largest absolute Gasteiger partial charge is 0.370 e. The van der Waals surface area contributed by atoms with Gasteiger partial charge in [0.2, 0.25) is 29.5 Å². The summed E-state index contributed by atoms with van der Waals surface area (Å²) in [6.07, 6.45) is 1.27. The molecule has 1 aromatic carbocycles. The number of aliphatic imine (C=N–C) groups is 1. The first-order valence-corrected chi connectivity index (χ1v) is 15.3. The summed E-state index contributed by atoms with van der Waals surface area (Å²) in [6.45, 7) is 10.9. The summed E-state index contributed by atoms with van der Waals surface area (Å²) in [5.74, 6) is -3.10. The van der Waals surface area contributed by atoms with Gasteiger partial charge in [-0.3, -0.25) is 29.0 Å². The lowest BCUT2D eigenvalue weighted by atomic mass is 9.98. The lowest BCUT2D eigenvalue weighted by Gasteiger charge is -2.28. The van der Waals surface area contributed by atoms with Crippen molar-refractivity contribution in [3.8, 4) is 0 Å². The molecule has 45 heavy (non-hydrogen) atoms. The van der Waals surface area contributed by atoms with Crippen LogP contribution < -0.4 is 44.2 Å². The van der Waals surface area contributed by atoms with Crippen LogP contribution in [0, 0.1) is 11.8 Å². The topological polar surface area (TPSA) is 250 Å². The number of nitrogens with two attached hydrogens (primary N) is 4. The SMILES string of the molecule is CC(C)C[C@H](NC(=O)[C@H](CC(C)C)NC(=O)[C@H](Cc1ccccc1)NC(=O)C(C)(C)N)C(=O)N[C@@H](CCCN=C(N)N)C(N)=O. The van der Waals surface area contributed by atoms with Gasteiger partial charge in [-0.15, -0.1) is 0 Å². The monoisotopic (exact) mass is 631 g/mol. The van der Waals surface area contributed by atoms with Crippen molar-refractivity contribution >= 4 is 35.5 Å². The normalized spacial score (nSPS) is 14.1. The highest BCUT2D eigenvalue weighted by molar-refractivity contribution is 5.96. The summed E-state index contributed by atoms with van der Waals surface area (Å²) in [7, 11) is 0. The molecule has 0 saturated carbocycles. The first-order valence-electron chi connectivity index (χ1n) is 15.3. The Kier molecular flexibility index (Phi) is 16.0. The molecule has 12 N–H and O–H groups in total. The van der Waals surface area contributed by atoms with Gasteiger partial charge < -0.3 is 44.2 Å². The maximum absolute atomic E-state index is 13.6. The second kappa shape index (κ2) is 18.6. The summed E-state index contributed by atoms with van der Waals surface area (Å²) < 4.78 is 0. The molecule has 0 bridgehead atoms. The van der Waals surface area contributed by atoms with Gasteiger partial charge in [0.05, 0.1) is 5.54 Å². The van der Waals surface area contributed by atoms with Crippen LogP contribution >= 0.6 is 0 Å². The van der Waals surface area contributed by atoms with Gasteiger partial charge in [-0.25, -0.2) is 0 Å². The van der Waals surface area contributed by atoms with Crippen LogP contribution in [0.25, 0.3) is 0 Å². The molecule has 0 fully saturated rings. The zero-order chi connectivity index (χ0) is 34.3. The molecule has 0 saturated heterocycles. The maximum Gasteiger partial charge on any atom is 0.243 e. The third-order valence-electron chi connectivity index (χ3n) is 6.78. The number of nitrogens with zero attached hydrogens (tertiary/aromatic N) is 1. The van der Waals surface area contributed by atoms with Crippen LogP contribution in [0.15, 0.2) is 35.3 Å². The van der Waals surface area contributed by atoms with E-state index in [0.717, 1.165) is 5.56 Å². The average Bonchev–Trinajstić information content (AvgIpc) is 2.92. The van der Waals surface area contributed by atoms with Crippen LogP contribution in [-0.4, -0.2) is 71.7 Å². The molecule has 0 aliphatic rings. The Balaban J connectivity index is 3.17. The Morgan fingerprint density at radius 1 is 0.733 bits per heavy atom. The van der Waals surface area contributed by atoms with Crippen molar-refractivity contribution in [2.75, 3.05) is 6.54 Å². The molecule has 14 nitrogen and oxygen atoms in total. The maximum atomic E-state index is 13.6. The van der Waals surface area contributed by atoms with Gasteiger partial charge in [0.1, 0.15) is 24.2 Å². The zero-order valence-corrected chi connectivity index (χ0v) is 27.4. The van der Waals surface area contributed by atoms with E-state index in [1.165, 1.54) is 13.8 Å². The molecule has 0 radical (unpaired) electrons. The van der Waals surface area contributed by atoms with E-state index in [1.54, 1.807) is 0 Å². The van der Waals surface area contributed by atoms with E-state index in [0.29, 0.717) is 6.42 Å². The molecule has 0 spiro atoms. The average molecular weight is 632 g/mol. The lowest BCUT2D eigenvalue weighted by molar-refractivity contribution is -0.135. The third-order valence-corrected chi connectivity index (χ3v) is 6.78. The van der Waals surface area contributed by atoms with E-state index in [4.69, 9.17) is 22.9 Å². The third kappa shape index (κ3) is 15.4. The minimum absolute atomic E-state index is 0.00170. The van der Waals surface area contributed by atoms with E-state index in [-0.39, 0.29) is 50.0 Å². The van der Waals surface area contributed by atoms with Crippen LogP contribution in [-0.2, 0) is 30.4 Å². The first-order chi connectivity index (χ1) is 20.9. The summed E-state index contributed by atoms with van der Waals surface area (Å²) in [6, 6.07) is 5.08. The Morgan fingerprint density at radius 2 is 1.20 bits per heavy atom. The van der Waals surface area contributed by atoms with Crippen molar-refractivity contribution in [3.05, 3.63) is 35.9 Å². The van der Waals surface area contributed by atoms with E-state index >= 15 is 0 Å². The highest BCUT2D eigenvalue weighted by Gasteiger charge is 2.33. The number of carbonyl (C=O) groups is 5. The van der Waals surface area contributed by atoms with Gasteiger partial charge in [-0.05, 0) is 56.9 Å². The van der Waals surface area contributed by atoms with Crippen molar-refractivity contribution in [1.29, 1.82) is 0 Å². The van der Waals surface area contributed by atoms with Crippen molar-refractivity contribution in [1.82, 2.24) is 21.3 Å². The van der Waals surface area contributed by atoms with Crippen LogP contribution in [0.5, 0.6) is 0 Å². The molecule has 0 aliphatic heterocycles. The van der Waals surface area contributed by atoms with Crippen LogP contribution in [0.2, 0.25) is 0 Å². The number of nitrogens with one attached hydrogen (secondary N) is 4. The fourth-order valence-electron chi connectivity index (χ4n) is 4.42. The predicted molar refractivity (Wildman–Crippen MR) is 174 cm³/mol. The summed E-state index contributed by atoms with van der Waals surface area (Å²) >= 11 is 0. The van der Waals surface area contributed by atoms with Crippen molar-refractivity contribution in [3.63, 3.8) is 0 Å². The molecule has 14 heteroatoms. The van der Waals surface area contributed by atoms with Crippen molar-refractivity contribution in [2.45, 2.75) is 103 Å². The van der Waals surface area contributed by atoms with Crippen LogP contribution in [0.1, 0.15) is 72.8 Å². The predicted octanol–water partition coefficient (Wildman–Crippen LogP) is -0.463. The highest BCUT2D eigenvalue weighted by atomic mass is 16.2. The molecule has 1 rings (SSSR count). The van der Waals surface area contributed by atoms with Gasteiger partial charge in [0, 0.05) is 13.0 Å². The summed E-state index contributed by atoms with van der Waals surface area (Å²) in [4.78, 5) is 69.2. The summed E-state index contributed by atoms with van der Waals surface area (Å²) in [5, 5.41) is 10.9. The molecule has 0 aliphatic carbocycles. The van der Waals surface area contributed by atoms with E-state index < -0.39 is 59.2 Å². The number of hydrogen-bond acceptors (Lipinski definition) is 7. The van der Waals surface area contributed by atoms with Gasteiger partial charge in [-0.2, -0.15) is 0 Å². The van der Waals surface area contributed by atoms with Crippen LogP contribution in [0.4, 0.5) is 0 Å². The van der Waals surface area contributed by atoms with Crippen molar-refractivity contribution in [2.24, 2.45) is 39.8 Å². The number of amides is 5. The van der Waals surface area contributed by atoms with Gasteiger partial charge in [0.15, 0.2) is 5.96 Å². The molecule has 5 amide bonds. The highest BCUT2D eigenvalue weighted by Crippen LogP contribution is 2.12. The van der Waals surface area contributed by atoms with Crippen LogP contribution in [0.3, 0.4) is 0 Å². The van der Waals surface area contributed by atoms with Gasteiger partial charge >= 0.3 is 0 Å². The minimum atomic E-state index is -1.24. The minimum Gasteiger partial charge on any atom is -0.370 e. The molecule has 252 valence electrons. The number of primary amides is 1. The molecular formula is C31H53N9O5. The standard InChI is InChI=1S/C31H53N9O5/c1-18(2)15-22(26(42)37-21(25(32)41)13-10-14-36-30(33)34)38-27(43)23(16-19(3)4)39-28(44)24(40-29(45)31(5,6)35)17-20-11-8-7-9-12-20/h7-9,11-12,18-19,21-24H,10,13-17,35H2,1-6H3,(H2,32,41)(H,37,42)(H,38,43)(H,39,44)(H,40,45)(H4,33,34,36)/t21-,22-,23-,24-/m0/s1. The molecule has 0 aromatic heterocycles. The molecule has 4 atom stereocenters. The first kappa shape index (κ1) is 38.8. The van der Waals surface area contributed by atoms with E-state index in [1.807, 2.05) is 58.0 Å². The molecule has 0 heterocycles. The lowest BCUT2D eigenvalue weighted by Crippen LogP contribution is -2.60. The van der Waals surface area contributed by atoms with E-state index in [2.05, 4.69) is 26.3 Å². The van der Waals surface area contributed by atoms with Gasteiger partial charge in [0.25, 0.3) is 0 Å². The van der Waals surface area contributed by atoms with Gasteiger partial charge in [-0.1, -0.05) is 58.0 Å². The molecule has 1 aromatic rings. The Morgan fingerprint density at radius 3 is 1.62 bits per heavy atom.